The number of fused-ring (bicyclic) bond motifs is 1. The molecule has 4 rings (SSSR count). The zero-order valence-electron chi connectivity index (χ0n) is 17.6. The number of hydrogen-bond donors (Lipinski definition) is 1. The lowest BCUT2D eigenvalue weighted by Gasteiger charge is -2.31. The molecule has 1 aliphatic rings. The molecule has 166 valence electrons. The van der Waals surface area contributed by atoms with Gasteiger partial charge >= 0.3 is 5.97 Å². The first-order valence-corrected chi connectivity index (χ1v) is 11.7. The highest BCUT2D eigenvalue weighted by Crippen LogP contribution is 2.38. The van der Waals surface area contributed by atoms with Gasteiger partial charge in [0.05, 0.1) is 4.90 Å². The molecule has 6 nitrogen and oxygen atoms in total. The van der Waals surface area contributed by atoms with E-state index in [0.717, 1.165) is 11.3 Å². The third-order valence-corrected chi connectivity index (χ3v) is 8.06. The molecule has 2 heterocycles. The molecule has 32 heavy (non-hydrogen) atoms. The lowest BCUT2D eigenvalue weighted by atomic mass is 9.88. The molecule has 0 bridgehead atoms. The van der Waals surface area contributed by atoms with Crippen molar-refractivity contribution in [2.24, 2.45) is 0 Å². The zero-order chi connectivity index (χ0) is 23.0. The summed E-state index contributed by atoms with van der Waals surface area (Å²) in [6, 6.07) is 10.6. The Morgan fingerprint density at radius 3 is 2.44 bits per heavy atom. The monoisotopic (exact) mass is 454 g/mol. The largest absolute Gasteiger partial charge is 0.480 e. The molecule has 1 saturated heterocycles. The number of halogens is 1. The van der Waals surface area contributed by atoms with Crippen molar-refractivity contribution in [2.75, 3.05) is 13.1 Å². The van der Waals surface area contributed by atoms with E-state index in [4.69, 9.17) is 6.42 Å². The van der Waals surface area contributed by atoms with Crippen molar-refractivity contribution in [3.05, 3.63) is 65.1 Å². The predicted octanol–water partition coefficient (Wildman–Crippen LogP) is 3.72. The molecule has 1 N–H and O–H groups in total. The summed E-state index contributed by atoms with van der Waals surface area (Å²) in [6.45, 7) is 2.27. The SMILES string of the molecule is C#Cc1ccc(S(=O)(=O)N2CCC(c3c(C)n(CC(=O)O)c4ccc(F)cc34)CC2)cc1. The van der Waals surface area contributed by atoms with Crippen LogP contribution < -0.4 is 0 Å². The number of aromatic nitrogens is 1. The van der Waals surface area contributed by atoms with E-state index in [2.05, 4.69) is 5.92 Å². The summed E-state index contributed by atoms with van der Waals surface area (Å²) in [5.41, 5.74) is 2.96. The number of piperidine rings is 1. The van der Waals surface area contributed by atoms with E-state index >= 15 is 0 Å². The molecule has 0 unspecified atom stereocenters. The van der Waals surface area contributed by atoms with Crippen LogP contribution in [0.4, 0.5) is 4.39 Å². The summed E-state index contributed by atoms with van der Waals surface area (Å²) in [5.74, 6) is 1.12. The van der Waals surface area contributed by atoms with E-state index < -0.39 is 16.0 Å². The molecule has 0 radical (unpaired) electrons. The normalized spacial score (nSPS) is 15.7. The molecule has 0 atom stereocenters. The van der Waals surface area contributed by atoms with E-state index in [0.29, 0.717) is 42.4 Å². The average molecular weight is 455 g/mol. The van der Waals surface area contributed by atoms with Gasteiger partial charge in [-0.05, 0) is 73.7 Å². The topological polar surface area (TPSA) is 79.6 Å². The zero-order valence-corrected chi connectivity index (χ0v) is 18.4. The molecule has 0 saturated carbocycles. The molecular formula is C24H23FN2O4S. The molecular weight excluding hydrogens is 431 g/mol. The Morgan fingerprint density at radius 1 is 1.19 bits per heavy atom. The first kappa shape index (κ1) is 22.1. The number of carbonyl (C=O) groups is 1. The van der Waals surface area contributed by atoms with Gasteiger partial charge in [0, 0.05) is 35.2 Å². The maximum Gasteiger partial charge on any atom is 0.323 e. The van der Waals surface area contributed by atoms with Crippen LogP contribution in [0, 0.1) is 25.1 Å². The number of nitrogens with zero attached hydrogens (tertiary/aromatic N) is 2. The number of carboxylic acids is 1. The maximum atomic E-state index is 14.0. The molecule has 2 aromatic carbocycles. The predicted molar refractivity (Wildman–Crippen MR) is 119 cm³/mol. The summed E-state index contributed by atoms with van der Waals surface area (Å²) >= 11 is 0. The Bertz CT molecular complexity index is 1330. The van der Waals surface area contributed by atoms with E-state index in [1.807, 2.05) is 6.92 Å². The summed E-state index contributed by atoms with van der Waals surface area (Å²) in [6.07, 6.45) is 6.47. The van der Waals surface area contributed by atoms with Gasteiger partial charge in [-0.25, -0.2) is 12.8 Å². The van der Waals surface area contributed by atoms with Crippen molar-refractivity contribution in [1.29, 1.82) is 0 Å². The van der Waals surface area contributed by atoms with E-state index in [1.165, 1.54) is 28.6 Å². The number of carboxylic acid groups (broad SMARTS) is 1. The van der Waals surface area contributed by atoms with Crippen LogP contribution >= 0.6 is 0 Å². The highest BCUT2D eigenvalue weighted by atomic mass is 32.2. The molecule has 1 aliphatic heterocycles. The second-order valence-corrected chi connectivity index (χ2v) is 9.93. The fourth-order valence-electron chi connectivity index (χ4n) is 4.59. The quantitative estimate of drug-likeness (QED) is 0.596. The van der Waals surface area contributed by atoms with Crippen molar-refractivity contribution in [1.82, 2.24) is 8.87 Å². The number of aliphatic carboxylic acids is 1. The van der Waals surface area contributed by atoms with Crippen LogP contribution in [-0.4, -0.2) is 41.5 Å². The average Bonchev–Trinajstić information content (AvgIpc) is 3.04. The van der Waals surface area contributed by atoms with Crippen LogP contribution in [0.2, 0.25) is 0 Å². The fourth-order valence-corrected chi connectivity index (χ4v) is 6.06. The third kappa shape index (κ3) is 3.90. The number of rotatable bonds is 5. The second kappa shape index (κ2) is 8.41. The number of benzene rings is 2. The number of sulfonamides is 1. The Labute approximate surface area is 186 Å². The van der Waals surface area contributed by atoms with Gasteiger partial charge in [0.25, 0.3) is 0 Å². The lowest BCUT2D eigenvalue weighted by Crippen LogP contribution is -2.38. The first-order valence-electron chi connectivity index (χ1n) is 10.3. The first-order chi connectivity index (χ1) is 15.2. The third-order valence-electron chi connectivity index (χ3n) is 6.15. The number of terminal acetylenes is 1. The van der Waals surface area contributed by atoms with Gasteiger partial charge in [0.2, 0.25) is 10.0 Å². The molecule has 0 spiro atoms. The summed E-state index contributed by atoms with van der Waals surface area (Å²) < 4.78 is 43.2. The van der Waals surface area contributed by atoms with Crippen LogP contribution in [0.1, 0.15) is 35.6 Å². The van der Waals surface area contributed by atoms with Crippen LogP contribution in [0.5, 0.6) is 0 Å². The van der Waals surface area contributed by atoms with Gasteiger partial charge in [-0.15, -0.1) is 6.42 Å². The van der Waals surface area contributed by atoms with E-state index in [9.17, 15) is 22.7 Å². The minimum atomic E-state index is -3.64. The van der Waals surface area contributed by atoms with E-state index in [1.54, 1.807) is 22.8 Å². The molecule has 0 amide bonds. The Kier molecular flexibility index (Phi) is 5.80. The van der Waals surface area contributed by atoms with Crippen LogP contribution in [0.15, 0.2) is 47.4 Å². The van der Waals surface area contributed by atoms with Crippen LogP contribution in [0.3, 0.4) is 0 Å². The Morgan fingerprint density at radius 2 is 1.84 bits per heavy atom. The Hall–Kier alpha value is -3.15. The summed E-state index contributed by atoms with van der Waals surface area (Å²) in [5, 5.41) is 10.0. The van der Waals surface area contributed by atoms with Crippen molar-refractivity contribution in [3.8, 4) is 12.3 Å². The van der Waals surface area contributed by atoms with Crippen molar-refractivity contribution < 1.29 is 22.7 Å². The van der Waals surface area contributed by atoms with Gasteiger partial charge < -0.3 is 9.67 Å². The molecule has 8 heteroatoms. The van der Waals surface area contributed by atoms with Gasteiger partial charge in [0.15, 0.2) is 0 Å². The second-order valence-electron chi connectivity index (χ2n) is 7.99. The maximum absolute atomic E-state index is 14.0. The smallest absolute Gasteiger partial charge is 0.323 e. The lowest BCUT2D eigenvalue weighted by molar-refractivity contribution is -0.137. The van der Waals surface area contributed by atoms with Crippen LogP contribution in [0.25, 0.3) is 10.9 Å². The van der Waals surface area contributed by atoms with Gasteiger partial charge in [0.1, 0.15) is 12.4 Å². The van der Waals surface area contributed by atoms with Crippen molar-refractivity contribution >= 4 is 26.9 Å². The minimum Gasteiger partial charge on any atom is -0.480 e. The highest BCUT2D eigenvalue weighted by molar-refractivity contribution is 7.89. The molecule has 1 aromatic heterocycles. The molecule has 1 fully saturated rings. The van der Waals surface area contributed by atoms with E-state index in [-0.39, 0.29) is 23.2 Å². The molecule has 3 aromatic rings. The van der Waals surface area contributed by atoms with Crippen molar-refractivity contribution in [3.63, 3.8) is 0 Å². The minimum absolute atomic E-state index is 0.00427. The highest BCUT2D eigenvalue weighted by Gasteiger charge is 2.32. The number of hydrogen-bond acceptors (Lipinski definition) is 3. The standard InChI is InChI=1S/C24H23FN2O4S/c1-3-17-4-7-20(8-5-17)32(30,31)26-12-10-18(11-13-26)24-16(2)27(15-23(28)29)22-9-6-19(25)14-21(22)24/h1,4-9,14,18H,10-13,15H2,2H3,(H,28,29). The van der Waals surface area contributed by atoms with Crippen molar-refractivity contribution in [2.45, 2.75) is 37.1 Å². The summed E-state index contributed by atoms with van der Waals surface area (Å²) in [7, 11) is -3.64. The fraction of sp³-hybridized carbons (Fsp3) is 0.292. The Balaban J connectivity index is 1.62. The summed E-state index contributed by atoms with van der Waals surface area (Å²) in [4.78, 5) is 11.6. The molecule has 0 aliphatic carbocycles. The van der Waals surface area contributed by atoms with Gasteiger partial charge in [-0.1, -0.05) is 5.92 Å². The van der Waals surface area contributed by atoms with Gasteiger partial charge in [-0.2, -0.15) is 4.31 Å². The van der Waals surface area contributed by atoms with Gasteiger partial charge in [-0.3, -0.25) is 4.79 Å². The van der Waals surface area contributed by atoms with Crippen LogP contribution in [-0.2, 0) is 21.4 Å².